The van der Waals surface area contributed by atoms with Crippen LogP contribution in [0.5, 0.6) is 0 Å². The standard InChI is InChI=1S/C15H14ClN3/c1-2-19-8-7-11-9-10(3-5-13(11)19)12-4-6-14(17)18-15(12)16/h3-9H,2H2,1H3,(H2,17,18). The number of benzene rings is 1. The number of hydrogen-bond acceptors (Lipinski definition) is 2. The lowest BCUT2D eigenvalue weighted by Gasteiger charge is -2.06. The summed E-state index contributed by atoms with van der Waals surface area (Å²) in [5.74, 6) is 0.437. The van der Waals surface area contributed by atoms with Crippen molar-refractivity contribution in [2.24, 2.45) is 0 Å². The molecule has 0 atom stereocenters. The van der Waals surface area contributed by atoms with Crippen LogP contribution in [0.4, 0.5) is 5.82 Å². The average Bonchev–Trinajstić information content (AvgIpc) is 2.80. The Labute approximate surface area is 116 Å². The van der Waals surface area contributed by atoms with Crippen LogP contribution in [0.1, 0.15) is 6.92 Å². The number of fused-ring (bicyclic) bond motifs is 1. The predicted octanol–water partition coefficient (Wildman–Crippen LogP) is 3.96. The normalized spacial score (nSPS) is 11.1. The van der Waals surface area contributed by atoms with Crippen molar-refractivity contribution in [1.29, 1.82) is 0 Å². The van der Waals surface area contributed by atoms with Crippen LogP contribution >= 0.6 is 11.6 Å². The first-order valence-electron chi connectivity index (χ1n) is 6.20. The Hall–Kier alpha value is -2.00. The van der Waals surface area contributed by atoms with Crippen molar-refractivity contribution < 1.29 is 0 Å². The zero-order valence-corrected chi connectivity index (χ0v) is 11.4. The maximum absolute atomic E-state index is 6.15. The number of nitrogens with two attached hydrogens (primary N) is 1. The van der Waals surface area contributed by atoms with Gasteiger partial charge in [-0.05, 0) is 42.8 Å². The number of anilines is 1. The number of nitrogen functional groups attached to an aromatic ring is 1. The summed E-state index contributed by atoms with van der Waals surface area (Å²) in [6.45, 7) is 3.10. The minimum absolute atomic E-state index is 0.437. The van der Waals surface area contributed by atoms with Gasteiger partial charge in [-0.3, -0.25) is 0 Å². The molecule has 3 nitrogen and oxygen atoms in total. The molecule has 2 N–H and O–H groups in total. The molecule has 0 amide bonds. The molecule has 0 aliphatic carbocycles. The lowest BCUT2D eigenvalue weighted by atomic mass is 10.1. The van der Waals surface area contributed by atoms with Crippen LogP contribution in [0.3, 0.4) is 0 Å². The summed E-state index contributed by atoms with van der Waals surface area (Å²) in [6.07, 6.45) is 2.09. The van der Waals surface area contributed by atoms with Gasteiger partial charge in [-0.25, -0.2) is 4.98 Å². The number of halogens is 1. The van der Waals surface area contributed by atoms with E-state index in [2.05, 4.69) is 46.9 Å². The van der Waals surface area contributed by atoms with Crippen molar-refractivity contribution >= 4 is 28.3 Å². The molecule has 19 heavy (non-hydrogen) atoms. The number of hydrogen-bond donors (Lipinski definition) is 1. The third kappa shape index (κ3) is 2.06. The third-order valence-corrected chi connectivity index (χ3v) is 3.58. The van der Waals surface area contributed by atoms with Gasteiger partial charge in [0.1, 0.15) is 11.0 Å². The molecule has 0 fully saturated rings. The van der Waals surface area contributed by atoms with E-state index in [-0.39, 0.29) is 0 Å². The Morgan fingerprint density at radius 3 is 2.79 bits per heavy atom. The number of pyridine rings is 1. The van der Waals surface area contributed by atoms with Crippen LogP contribution in [0.2, 0.25) is 5.15 Å². The van der Waals surface area contributed by atoms with E-state index in [4.69, 9.17) is 17.3 Å². The van der Waals surface area contributed by atoms with E-state index in [0.717, 1.165) is 17.7 Å². The van der Waals surface area contributed by atoms with Crippen molar-refractivity contribution in [3.63, 3.8) is 0 Å². The van der Waals surface area contributed by atoms with E-state index < -0.39 is 0 Å². The van der Waals surface area contributed by atoms with Crippen LogP contribution < -0.4 is 5.73 Å². The second-order valence-corrected chi connectivity index (χ2v) is 4.81. The zero-order valence-electron chi connectivity index (χ0n) is 10.6. The molecule has 1 aromatic carbocycles. The average molecular weight is 272 g/mol. The van der Waals surface area contributed by atoms with Crippen LogP contribution in [-0.2, 0) is 6.54 Å². The van der Waals surface area contributed by atoms with E-state index in [0.29, 0.717) is 11.0 Å². The molecule has 0 saturated carbocycles. The van der Waals surface area contributed by atoms with Gasteiger partial charge < -0.3 is 10.3 Å². The SMILES string of the molecule is CCn1ccc2cc(-c3ccc(N)nc3Cl)ccc21. The number of rotatable bonds is 2. The Bertz CT molecular complexity index is 746. The van der Waals surface area contributed by atoms with Gasteiger partial charge in [0.05, 0.1) is 0 Å². The van der Waals surface area contributed by atoms with E-state index in [1.807, 2.05) is 6.07 Å². The molecule has 96 valence electrons. The fourth-order valence-electron chi connectivity index (χ4n) is 2.31. The van der Waals surface area contributed by atoms with Gasteiger partial charge in [-0.15, -0.1) is 0 Å². The van der Waals surface area contributed by atoms with E-state index in [1.165, 1.54) is 10.9 Å². The minimum atomic E-state index is 0.437. The summed E-state index contributed by atoms with van der Waals surface area (Å²) in [4.78, 5) is 4.09. The monoisotopic (exact) mass is 271 g/mol. The number of aromatic nitrogens is 2. The topological polar surface area (TPSA) is 43.8 Å². The largest absolute Gasteiger partial charge is 0.384 e. The molecule has 0 bridgehead atoms. The molecule has 2 aromatic heterocycles. The van der Waals surface area contributed by atoms with Crippen molar-refractivity contribution in [3.8, 4) is 11.1 Å². The molecule has 0 spiro atoms. The molecule has 0 aliphatic heterocycles. The fourth-order valence-corrected chi connectivity index (χ4v) is 2.58. The molecule has 0 aliphatic rings. The highest BCUT2D eigenvalue weighted by Gasteiger charge is 2.07. The van der Waals surface area contributed by atoms with Gasteiger partial charge in [0.15, 0.2) is 0 Å². The van der Waals surface area contributed by atoms with Crippen LogP contribution in [0.15, 0.2) is 42.6 Å². The Kier molecular flexibility index (Phi) is 2.91. The number of aryl methyl sites for hydroxylation is 1. The van der Waals surface area contributed by atoms with E-state index in [9.17, 15) is 0 Å². The first kappa shape index (κ1) is 12.1. The first-order chi connectivity index (χ1) is 9.19. The van der Waals surface area contributed by atoms with Crippen LogP contribution in [0.25, 0.3) is 22.0 Å². The Morgan fingerprint density at radius 1 is 1.21 bits per heavy atom. The first-order valence-corrected chi connectivity index (χ1v) is 6.58. The minimum Gasteiger partial charge on any atom is -0.384 e. The third-order valence-electron chi connectivity index (χ3n) is 3.29. The molecule has 0 unspecified atom stereocenters. The van der Waals surface area contributed by atoms with Gasteiger partial charge in [0, 0.05) is 29.2 Å². The van der Waals surface area contributed by atoms with Crippen molar-refractivity contribution in [2.75, 3.05) is 5.73 Å². The molecule has 3 rings (SSSR count). The predicted molar refractivity (Wildman–Crippen MR) is 80.3 cm³/mol. The summed E-state index contributed by atoms with van der Waals surface area (Å²) in [5, 5.41) is 1.64. The Balaban J connectivity index is 2.15. The van der Waals surface area contributed by atoms with Gasteiger partial charge >= 0.3 is 0 Å². The molecular formula is C15H14ClN3. The molecule has 2 heterocycles. The summed E-state index contributed by atoms with van der Waals surface area (Å²) in [5.41, 5.74) is 8.81. The van der Waals surface area contributed by atoms with Gasteiger partial charge in [-0.1, -0.05) is 17.7 Å². The maximum atomic E-state index is 6.15. The summed E-state index contributed by atoms with van der Waals surface area (Å²) in [6, 6.07) is 12.1. The highest BCUT2D eigenvalue weighted by Crippen LogP contribution is 2.30. The van der Waals surface area contributed by atoms with Gasteiger partial charge in [-0.2, -0.15) is 0 Å². The molecule has 0 radical (unpaired) electrons. The summed E-state index contributed by atoms with van der Waals surface area (Å²) in [7, 11) is 0. The molecule has 4 heteroatoms. The van der Waals surface area contributed by atoms with E-state index in [1.54, 1.807) is 6.07 Å². The highest BCUT2D eigenvalue weighted by atomic mass is 35.5. The highest BCUT2D eigenvalue weighted by molar-refractivity contribution is 6.32. The zero-order chi connectivity index (χ0) is 13.4. The number of nitrogens with zero attached hydrogens (tertiary/aromatic N) is 2. The second kappa shape index (κ2) is 4.59. The van der Waals surface area contributed by atoms with Gasteiger partial charge in [0.2, 0.25) is 0 Å². The van der Waals surface area contributed by atoms with Crippen molar-refractivity contribution in [1.82, 2.24) is 9.55 Å². The maximum Gasteiger partial charge on any atom is 0.139 e. The lowest BCUT2D eigenvalue weighted by molar-refractivity contribution is 0.798. The fraction of sp³-hybridized carbons (Fsp3) is 0.133. The molecule has 0 saturated heterocycles. The second-order valence-electron chi connectivity index (χ2n) is 4.45. The quantitative estimate of drug-likeness (QED) is 0.717. The van der Waals surface area contributed by atoms with Crippen LogP contribution in [0, 0.1) is 0 Å². The summed E-state index contributed by atoms with van der Waals surface area (Å²) < 4.78 is 2.21. The van der Waals surface area contributed by atoms with Crippen molar-refractivity contribution in [2.45, 2.75) is 13.5 Å². The van der Waals surface area contributed by atoms with Crippen LogP contribution in [-0.4, -0.2) is 9.55 Å². The molecule has 3 aromatic rings. The lowest BCUT2D eigenvalue weighted by Crippen LogP contribution is -1.92. The smallest absolute Gasteiger partial charge is 0.139 e. The van der Waals surface area contributed by atoms with Gasteiger partial charge in [0.25, 0.3) is 0 Å². The summed E-state index contributed by atoms with van der Waals surface area (Å²) >= 11 is 6.15. The van der Waals surface area contributed by atoms with Crippen molar-refractivity contribution in [3.05, 3.63) is 47.7 Å². The molecular weight excluding hydrogens is 258 g/mol. The Morgan fingerprint density at radius 2 is 2.05 bits per heavy atom. The van der Waals surface area contributed by atoms with E-state index >= 15 is 0 Å².